The molecule has 1 unspecified atom stereocenters. The molecule has 1 aliphatic heterocycles. The molecule has 88 valence electrons. The average Bonchev–Trinajstić information content (AvgIpc) is 1.96. The van der Waals surface area contributed by atoms with Crippen molar-refractivity contribution in [3.8, 4) is 0 Å². The maximum atomic E-state index is 13.4. The van der Waals surface area contributed by atoms with Crippen LogP contribution in [0.1, 0.15) is 40.5 Å². The fraction of sp³-hybridized carbons (Fsp3) is 0.909. The topological polar surface area (TPSA) is 46.5 Å². The van der Waals surface area contributed by atoms with Gasteiger partial charge in [-0.25, -0.2) is 9.18 Å². The Kier molecular flexibility index (Phi) is 3.10. The van der Waals surface area contributed by atoms with Gasteiger partial charge in [-0.05, 0) is 40.5 Å². The summed E-state index contributed by atoms with van der Waals surface area (Å²) in [6, 6.07) is 0. The first-order chi connectivity index (χ1) is 6.63. The van der Waals surface area contributed by atoms with Gasteiger partial charge in [0.2, 0.25) is 0 Å². The van der Waals surface area contributed by atoms with Crippen LogP contribution in [-0.4, -0.2) is 28.4 Å². The number of halogens is 1. The molecular weight excluding hydrogens is 199 g/mol. The van der Waals surface area contributed by atoms with Crippen molar-refractivity contribution in [1.82, 2.24) is 0 Å². The van der Waals surface area contributed by atoms with Gasteiger partial charge in [0.05, 0.1) is 11.2 Å². The van der Waals surface area contributed by atoms with Crippen molar-refractivity contribution in [2.24, 2.45) is 5.92 Å². The largest absolute Gasteiger partial charge is 0.479 e. The highest BCUT2D eigenvalue weighted by molar-refractivity contribution is 5.72. The Bertz CT molecular complexity index is 245. The first-order valence-electron chi connectivity index (χ1n) is 5.20. The number of carboxylic acid groups (broad SMARTS) is 1. The van der Waals surface area contributed by atoms with Crippen molar-refractivity contribution in [2.75, 3.05) is 0 Å². The Balaban J connectivity index is 2.79. The van der Waals surface area contributed by atoms with Crippen molar-refractivity contribution in [3.63, 3.8) is 0 Å². The number of hydrogen-bond donors (Lipinski definition) is 1. The molecule has 1 rings (SSSR count). The zero-order chi connectivity index (χ0) is 11.9. The van der Waals surface area contributed by atoms with E-state index in [1.54, 1.807) is 0 Å². The zero-order valence-electron chi connectivity index (χ0n) is 9.71. The summed E-state index contributed by atoms with van der Waals surface area (Å²) in [6.07, 6.45) is -0.888. The van der Waals surface area contributed by atoms with E-state index in [0.29, 0.717) is 12.8 Å². The molecule has 0 bridgehead atoms. The van der Waals surface area contributed by atoms with Crippen molar-refractivity contribution >= 4 is 5.97 Å². The van der Waals surface area contributed by atoms with Gasteiger partial charge in [-0.3, -0.25) is 0 Å². The monoisotopic (exact) mass is 218 g/mol. The number of ether oxygens (including phenoxy) is 1. The highest BCUT2D eigenvalue weighted by Crippen LogP contribution is 2.40. The van der Waals surface area contributed by atoms with Crippen LogP contribution in [0.25, 0.3) is 0 Å². The Morgan fingerprint density at radius 3 is 2.07 bits per heavy atom. The fourth-order valence-electron chi connectivity index (χ4n) is 2.57. The van der Waals surface area contributed by atoms with Gasteiger partial charge >= 0.3 is 5.97 Å². The van der Waals surface area contributed by atoms with E-state index in [2.05, 4.69) is 0 Å². The Labute approximate surface area is 89.6 Å². The molecule has 0 aromatic carbocycles. The van der Waals surface area contributed by atoms with Crippen LogP contribution >= 0.6 is 0 Å². The number of aliphatic carboxylic acids is 1. The van der Waals surface area contributed by atoms with Crippen LogP contribution in [0.15, 0.2) is 0 Å². The molecule has 0 aromatic rings. The van der Waals surface area contributed by atoms with Crippen LogP contribution < -0.4 is 0 Å². The Morgan fingerprint density at radius 2 is 1.73 bits per heavy atom. The minimum Gasteiger partial charge on any atom is -0.479 e. The van der Waals surface area contributed by atoms with Gasteiger partial charge in [0.25, 0.3) is 0 Å². The third-order valence-corrected chi connectivity index (χ3v) is 2.71. The molecule has 4 heteroatoms. The second-order valence-corrected chi connectivity index (χ2v) is 5.53. The van der Waals surface area contributed by atoms with Crippen LogP contribution in [0.3, 0.4) is 0 Å². The summed E-state index contributed by atoms with van der Waals surface area (Å²) in [5.74, 6) is -1.82. The normalized spacial score (nSPS) is 27.3. The summed E-state index contributed by atoms with van der Waals surface area (Å²) in [7, 11) is 0. The zero-order valence-corrected chi connectivity index (χ0v) is 9.71. The van der Waals surface area contributed by atoms with E-state index >= 15 is 0 Å². The Morgan fingerprint density at radius 1 is 1.33 bits per heavy atom. The van der Waals surface area contributed by atoms with Crippen LogP contribution in [0.2, 0.25) is 0 Å². The van der Waals surface area contributed by atoms with Gasteiger partial charge in [-0.2, -0.15) is 0 Å². The minimum atomic E-state index is -1.78. The molecule has 0 aliphatic carbocycles. The summed E-state index contributed by atoms with van der Waals surface area (Å²) < 4.78 is 19.2. The van der Waals surface area contributed by atoms with Crippen LogP contribution in [0.5, 0.6) is 0 Å². The van der Waals surface area contributed by atoms with E-state index in [0.717, 1.165) is 0 Å². The quantitative estimate of drug-likeness (QED) is 0.774. The number of hydrogen-bond acceptors (Lipinski definition) is 2. The molecule has 1 saturated heterocycles. The molecule has 0 saturated carbocycles. The fourth-order valence-corrected chi connectivity index (χ4v) is 2.57. The third kappa shape index (κ3) is 3.16. The first kappa shape index (κ1) is 12.4. The highest BCUT2D eigenvalue weighted by atomic mass is 19.1. The van der Waals surface area contributed by atoms with E-state index in [9.17, 15) is 9.18 Å². The summed E-state index contributed by atoms with van der Waals surface area (Å²) in [5.41, 5.74) is -0.904. The summed E-state index contributed by atoms with van der Waals surface area (Å²) in [4.78, 5) is 10.6. The molecule has 0 radical (unpaired) electrons. The maximum Gasteiger partial charge on any atom is 0.338 e. The predicted octanol–water partition coefficient (Wildman–Crippen LogP) is 2.39. The van der Waals surface area contributed by atoms with Crippen molar-refractivity contribution < 1.29 is 19.0 Å². The molecule has 0 spiro atoms. The highest BCUT2D eigenvalue weighted by Gasteiger charge is 2.44. The molecule has 0 amide bonds. The standard InChI is InChI=1S/C11H19FO3/c1-10(2)5-7(8(12)9(13)14)6-11(3,4)15-10/h7-8H,5-6H2,1-4H3,(H,13,14). The lowest BCUT2D eigenvalue weighted by atomic mass is 9.78. The van der Waals surface area contributed by atoms with E-state index in [1.807, 2.05) is 27.7 Å². The average molecular weight is 218 g/mol. The maximum absolute atomic E-state index is 13.4. The number of carbonyl (C=O) groups is 1. The number of alkyl halides is 1. The van der Waals surface area contributed by atoms with Crippen LogP contribution in [-0.2, 0) is 9.53 Å². The van der Waals surface area contributed by atoms with Crippen LogP contribution in [0.4, 0.5) is 4.39 Å². The van der Waals surface area contributed by atoms with Gasteiger partial charge in [-0.15, -0.1) is 0 Å². The van der Waals surface area contributed by atoms with E-state index in [-0.39, 0.29) is 0 Å². The van der Waals surface area contributed by atoms with Gasteiger partial charge in [0, 0.05) is 5.92 Å². The summed E-state index contributed by atoms with van der Waals surface area (Å²) in [6.45, 7) is 7.48. The number of carboxylic acids is 1. The SMILES string of the molecule is CC1(C)CC(C(F)C(=O)O)CC(C)(C)O1. The smallest absolute Gasteiger partial charge is 0.338 e. The van der Waals surface area contributed by atoms with Crippen molar-refractivity contribution in [3.05, 3.63) is 0 Å². The van der Waals surface area contributed by atoms with Crippen LogP contribution in [0, 0.1) is 5.92 Å². The van der Waals surface area contributed by atoms with Crippen molar-refractivity contribution in [1.29, 1.82) is 0 Å². The van der Waals surface area contributed by atoms with Gasteiger partial charge in [0.1, 0.15) is 0 Å². The van der Waals surface area contributed by atoms with Gasteiger partial charge in [0.15, 0.2) is 6.17 Å². The summed E-state index contributed by atoms with van der Waals surface area (Å²) >= 11 is 0. The van der Waals surface area contributed by atoms with Gasteiger partial charge < -0.3 is 9.84 Å². The first-order valence-corrected chi connectivity index (χ1v) is 5.20. The van der Waals surface area contributed by atoms with E-state index in [1.165, 1.54) is 0 Å². The molecule has 1 fully saturated rings. The van der Waals surface area contributed by atoms with Gasteiger partial charge in [-0.1, -0.05) is 0 Å². The summed E-state index contributed by atoms with van der Waals surface area (Å²) in [5, 5.41) is 8.66. The molecule has 15 heavy (non-hydrogen) atoms. The lowest BCUT2D eigenvalue weighted by Gasteiger charge is -2.45. The second kappa shape index (κ2) is 3.74. The third-order valence-electron chi connectivity index (χ3n) is 2.71. The molecule has 1 aliphatic rings. The molecular formula is C11H19FO3. The van der Waals surface area contributed by atoms with E-state index in [4.69, 9.17) is 9.84 Å². The second-order valence-electron chi connectivity index (χ2n) is 5.53. The molecule has 1 N–H and O–H groups in total. The van der Waals surface area contributed by atoms with E-state index < -0.39 is 29.3 Å². The molecule has 1 heterocycles. The lowest BCUT2D eigenvalue weighted by Crippen LogP contribution is -2.48. The Hall–Kier alpha value is -0.640. The number of rotatable bonds is 2. The van der Waals surface area contributed by atoms with Crippen molar-refractivity contribution in [2.45, 2.75) is 57.9 Å². The lowest BCUT2D eigenvalue weighted by molar-refractivity contribution is -0.185. The predicted molar refractivity (Wildman–Crippen MR) is 54.5 cm³/mol. The minimum absolute atomic E-state index is 0.448. The molecule has 1 atom stereocenters. The molecule has 3 nitrogen and oxygen atoms in total. The molecule has 0 aromatic heterocycles.